The molecule has 0 unspecified atom stereocenters. The lowest BCUT2D eigenvalue weighted by Crippen LogP contribution is -2.05. The van der Waals surface area contributed by atoms with E-state index in [1.807, 2.05) is 0 Å². The van der Waals surface area contributed by atoms with Crippen LogP contribution in [0.4, 0.5) is 5.69 Å². The fraction of sp³-hybridized carbons (Fsp3) is 0.0833. The average Bonchev–Trinajstić information content (AvgIpc) is 2.34. The number of carbonyl (C=O) groups excluding carboxylic acids is 1. The molecule has 0 aliphatic heterocycles. The highest BCUT2D eigenvalue weighted by molar-refractivity contribution is 9.10. The maximum Gasteiger partial charge on any atom is 0.321 e. The summed E-state index contributed by atoms with van der Waals surface area (Å²) in [6.07, 6.45) is 3.14. The molecule has 0 aliphatic rings. The maximum absolute atomic E-state index is 10.9. The van der Waals surface area contributed by atoms with Gasteiger partial charge in [-0.1, -0.05) is 11.6 Å². The van der Waals surface area contributed by atoms with Crippen molar-refractivity contribution in [3.05, 3.63) is 40.1 Å². The van der Waals surface area contributed by atoms with Crippen LogP contribution < -0.4 is 10.1 Å². The summed E-state index contributed by atoms with van der Waals surface area (Å²) in [7, 11) is 0. The Morgan fingerprint density at radius 2 is 2.05 bits per heavy atom. The maximum atomic E-state index is 10.9. The minimum atomic E-state index is -0.166. The summed E-state index contributed by atoms with van der Waals surface area (Å²) in [6.45, 7) is 1.42. The van der Waals surface area contributed by atoms with E-state index in [4.69, 9.17) is 16.3 Å². The van der Waals surface area contributed by atoms with E-state index >= 15 is 0 Å². The zero-order valence-corrected chi connectivity index (χ0v) is 12.2. The third-order valence-electron chi connectivity index (χ3n) is 2.05. The highest BCUT2D eigenvalue weighted by Crippen LogP contribution is 2.30. The average molecular weight is 343 g/mol. The van der Waals surface area contributed by atoms with Crippen molar-refractivity contribution >= 4 is 39.1 Å². The largest absolute Gasteiger partial charge is 0.423 e. The van der Waals surface area contributed by atoms with Gasteiger partial charge >= 0.3 is 6.01 Å². The van der Waals surface area contributed by atoms with Gasteiger partial charge in [-0.3, -0.25) is 4.79 Å². The minimum Gasteiger partial charge on any atom is -0.423 e. The van der Waals surface area contributed by atoms with Gasteiger partial charge in [0.15, 0.2) is 0 Å². The van der Waals surface area contributed by atoms with Crippen molar-refractivity contribution in [2.75, 3.05) is 5.32 Å². The molecule has 0 radical (unpaired) electrons. The van der Waals surface area contributed by atoms with Crippen molar-refractivity contribution in [3.63, 3.8) is 0 Å². The first kappa shape index (κ1) is 13.8. The third-order valence-corrected chi connectivity index (χ3v) is 2.76. The summed E-state index contributed by atoms with van der Waals surface area (Å²) in [6, 6.07) is 5.11. The Balaban J connectivity index is 2.17. The van der Waals surface area contributed by atoms with Crippen LogP contribution in [0.5, 0.6) is 11.8 Å². The number of halogens is 2. The lowest BCUT2D eigenvalue weighted by atomic mass is 10.3. The molecule has 1 aromatic heterocycles. The molecule has 0 aliphatic carbocycles. The molecule has 19 heavy (non-hydrogen) atoms. The number of amides is 1. The van der Waals surface area contributed by atoms with E-state index < -0.39 is 0 Å². The summed E-state index contributed by atoms with van der Waals surface area (Å²) in [4.78, 5) is 18.9. The number of ether oxygens (including phenoxy) is 1. The molecule has 1 heterocycles. The van der Waals surface area contributed by atoms with E-state index in [9.17, 15) is 4.79 Å². The molecular weight excluding hydrogens is 334 g/mol. The number of aromatic nitrogens is 2. The van der Waals surface area contributed by atoms with E-state index in [1.54, 1.807) is 30.6 Å². The van der Waals surface area contributed by atoms with Gasteiger partial charge in [0.05, 0.1) is 9.50 Å². The number of nitrogens with one attached hydrogen (secondary N) is 1. The van der Waals surface area contributed by atoms with Gasteiger partial charge < -0.3 is 10.1 Å². The van der Waals surface area contributed by atoms with Crippen molar-refractivity contribution in [2.45, 2.75) is 6.92 Å². The van der Waals surface area contributed by atoms with Gasteiger partial charge in [0.25, 0.3) is 0 Å². The van der Waals surface area contributed by atoms with Crippen LogP contribution in [-0.4, -0.2) is 15.9 Å². The molecule has 0 spiro atoms. The molecule has 0 saturated carbocycles. The number of carbonyl (C=O) groups is 1. The Morgan fingerprint density at radius 1 is 1.37 bits per heavy atom. The number of hydrogen-bond acceptors (Lipinski definition) is 4. The van der Waals surface area contributed by atoms with Crippen molar-refractivity contribution in [2.24, 2.45) is 0 Å². The molecule has 98 valence electrons. The highest BCUT2D eigenvalue weighted by atomic mass is 79.9. The molecular formula is C12H9BrClN3O2. The van der Waals surface area contributed by atoms with Crippen LogP contribution in [0, 0.1) is 0 Å². The second-order valence-corrected chi connectivity index (χ2v) is 4.94. The SMILES string of the molecule is CC(=O)Nc1ccc(Oc2ncc(Br)cn2)c(Cl)c1. The molecule has 1 aromatic carbocycles. The normalized spacial score (nSPS) is 10.1. The molecule has 2 aromatic rings. The highest BCUT2D eigenvalue weighted by Gasteiger charge is 2.07. The number of benzene rings is 1. The van der Waals surface area contributed by atoms with Crippen LogP contribution >= 0.6 is 27.5 Å². The lowest BCUT2D eigenvalue weighted by Gasteiger charge is -2.08. The quantitative estimate of drug-likeness (QED) is 0.925. The van der Waals surface area contributed by atoms with Gasteiger partial charge in [0, 0.05) is 25.0 Å². The molecule has 0 saturated heterocycles. The smallest absolute Gasteiger partial charge is 0.321 e. The van der Waals surface area contributed by atoms with Gasteiger partial charge in [-0.05, 0) is 34.1 Å². The van der Waals surface area contributed by atoms with Crippen LogP contribution in [0.3, 0.4) is 0 Å². The summed E-state index contributed by atoms with van der Waals surface area (Å²) in [5.74, 6) is 0.249. The summed E-state index contributed by atoms with van der Waals surface area (Å²) >= 11 is 9.28. The monoisotopic (exact) mass is 341 g/mol. The first-order valence-corrected chi connectivity index (χ1v) is 6.44. The van der Waals surface area contributed by atoms with E-state index in [1.165, 1.54) is 6.92 Å². The van der Waals surface area contributed by atoms with E-state index in [2.05, 4.69) is 31.2 Å². The Kier molecular flexibility index (Phi) is 4.34. The minimum absolute atomic E-state index is 0.166. The number of anilines is 1. The van der Waals surface area contributed by atoms with Crippen molar-refractivity contribution in [3.8, 4) is 11.8 Å². The second kappa shape index (κ2) is 5.99. The summed E-state index contributed by atoms with van der Waals surface area (Å²) in [5.41, 5.74) is 0.599. The summed E-state index contributed by atoms with van der Waals surface area (Å²) < 4.78 is 6.19. The topological polar surface area (TPSA) is 64.1 Å². The number of hydrogen-bond donors (Lipinski definition) is 1. The van der Waals surface area contributed by atoms with Crippen LogP contribution in [0.25, 0.3) is 0 Å². The van der Waals surface area contributed by atoms with Crippen LogP contribution in [-0.2, 0) is 4.79 Å². The van der Waals surface area contributed by atoms with Gasteiger partial charge in [0.2, 0.25) is 5.91 Å². The van der Waals surface area contributed by atoms with Crippen molar-refractivity contribution in [1.29, 1.82) is 0 Å². The van der Waals surface area contributed by atoms with Crippen molar-refractivity contribution in [1.82, 2.24) is 9.97 Å². The first-order chi connectivity index (χ1) is 9.04. The Hall–Kier alpha value is -1.66. The Labute approximate surface area is 123 Å². The zero-order chi connectivity index (χ0) is 13.8. The molecule has 7 heteroatoms. The standard InChI is InChI=1S/C12H9BrClN3O2/c1-7(18)17-9-2-3-11(10(14)4-9)19-12-15-5-8(13)6-16-12/h2-6H,1H3,(H,17,18). The Bertz CT molecular complexity index is 604. The van der Waals surface area contributed by atoms with Crippen LogP contribution in [0.15, 0.2) is 35.1 Å². The van der Waals surface area contributed by atoms with E-state index in [0.717, 1.165) is 4.47 Å². The molecule has 5 nitrogen and oxygen atoms in total. The van der Waals surface area contributed by atoms with Crippen LogP contribution in [0.2, 0.25) is 5.02 Å². The van der Waals surface area contributed by atoms with Gasteiger partial charge in [-0.2, -0.15) is 0 Å². The molecule has 0 bridgehead atoms. The van der Waals surface area contributed by atoms with Gasteiger partial charge in [-0.25, -0.2) is 9.97 Å². The Morgan fingerprint density at radius 3 is 2.63 bits per heavy atom. The first-order valence-electron chi connectivity index (χ1n) is 5.27. The predicted octanol–water partition coefficient (Wildman–Crippen LogP) is 3.64. The second-order valence-electron chi connectivity index (χ2n) is 3.61. The fourth-order valence-corrected chi connectivity index (χ4v) is 1.74. The molecule has 0 fully saturated rings. The molecule has 0 atom stereocenters. The predicted molar refractivity (Wildman–Crippen MR) is 75.6 cm³/mol. The molecule has 2 rings (SSSR count). The fourth-order valence-electron chi connectivity index (χ4n) is 1.32. The van der Waals surface area contributed by atoms with E-state index in [-0.39, 0.29) is 11.9 Å². The van der Waals surface area contributed by atoms with Crippen LogP contribution in [0.1, 0.15) is 6.92 Å². The van der Waals surface area contributed by atoms with Crippen molar-refractivity contribution < 1.29 is 9.53 Å². The third kappa shape index (κ3) is 3.90. The zero-order valence-electron chi connectivity index (χ0n) is 9.85. The van der Waals surface area contributed by atoms with Gasteiger partial charge in [-0.15, -0.1) is 0 Å². The van der Waals surface area contributed by atoms with E-state index in [0.29, 0.717) is 16.5 Å². The molecule has 1 amide bonds. The number of rotatable bonds is 3. The lowest BCUT2D eigenvalue weighted by molar-refractivity contribution is -0.114. The van der Waals surface area contributed by atoms with Gasteiger partial charge in [0.1, 0.15) is 5.75 Å². The number of nitrogens with zero attached hydrogens (tertiary/aromatic N) is 2. The molecule has 1 N–H and O–H groups in total. The summed E-state index contributed by atoms with van der Waals surface area (Å²) in [5, 5.41) is 2.99.